The SMILES string of the molecule is CCC1(C)CCN(C(=O)c2csc(CCN)n2)CC1. The molecule has 19 heavy (non-hydrogen) atoms. The maximum Gasteiger partial charge on any atom is 0.273 e. The fourth-order valence-corrected chi connectivity index (χ4v) is 3.20. The van der Waals surface area contributed by atoms with E-state index in [0.29, 0.717) is 17.7 Å². The first-order chi connectivity index (χ1) is 9.08. The highest BCUT2D eigenvalue weighted by Crippen LogP contribution is 2.34. The van der Waals surface area contributed by atoms with Crippen LogP contribution in [0, 0.1) is 5.41 Å². The van der Waals surface area contributed by atoms with Crippen LogP contribution in [0.25, 0.3) is 0 Å². The minimum Gasteiger partial charge on any atom is -0.337 e. The van der Waals surface area contributed by atoms with E-state index in [0.717, 1.165) is 37.4 Å². The van der Waals surface area contributed by atoms with Gasteiger partial charge in [0.1, 0.15) is 5.69 Å². The van der Waals surface area contributed by atoms with Gasteiger partial charge in [-0.15, -0.1) is 11.3 Å². The number of rotatable bonds is 4. The van der Waals surface area contributed by atoms with Crippen molar-refractivity contribution in [3.05, 3.63) is 16.1 Å². The van der Waals surface area contributed by atoms with E-state index in [1.165, 1.54) is 17.8 Å². The zero-order chi connectivity index (χ0) is 13.9. The minimum absolute atomic E-state index is 0.0812. The molecule has 106 valence electrons. The lowest BCUT2D eigenvalue weighted by Crippen LogP contribution is -2.42. The maximum absolute atomic E-state index is 12.4. The highest BCUT2D eigenvalue weighted by Gasteiger charge is 2.31. The molecule has 2 rings (SSSR count). The molecule has 0 aliphatic carbocycles. The van der Waals surface area contributed by atoms with Gasteiger partial charge in [-0.25, -0.2) is 4.98 Å². The Morgan fingerprint density at radius 2 is 2.21 bits per heavy atom. The second-order valence-electron chi connectivity index (χ2n) is 5.62. The molecule has 1 aromatic rings. The van der Waals surface area contributed by atoms with Gasteiger partial charge in [0.2, 0.25) is 0 Å². The molecule has 0 radical (unpaired) electrons. The zero-order valence-corrected chi connectivity index (χ0v) is 12.6. The highest BCUT2D eigenvalue weighted by atomic mass is 32.1. The number of aromatic nitrogens is 1. The van der Waals surface area contributed by atoms with Crippen molar-refractivity contribution in [2.45, 2.75) is 39.5 Å². The van der Waals surface area contributed by atoms with Crippen LogP contribution in [0.1, 0.15) is 48.6 Å². The van der Waals surface area contributed by atoms with Crippen LogP contribution in [0.5, 0.6) is 0 Å². The normalized spacial score (nSPS) is 18.6. The van der Waals surface area contributed by atoms with Crippen molar-refractivity contribution in [3.63, 3.8) is 0 Å². The molecule has 0 saturated carbocycles. The third-order valence-electron chi connectivity index (χ3n) is 4.24. The first kappa shape index (κ1) is 14.5. The average Bonchev–Trinajstić information content (AvgIpc) is 2.88. The van der Waals surface area contributed by atoms with Crippen molar-refractivity contribution < 1.29 is 4.79 Å². The number of carbonyl (C=O) groups excluding carboxylic acids is 1. The van der Waals surface area contributed by atoms with Gasteiger partial charge in [-0.3, -0.25) is 4.79 Å². The second-order valence-corrected chi connectivity index (χ2v) is 6.56. The molecule has 4 nitrogen and oxygen atoms in total. The molecule has 5 heteroatoms. The monoisotopic (exact) mass is 281 g/mol. The van der Waals surface area contributed by atoms with Crippen molar-refractivity contribution >= 4 is 17.2 Å². The van der Waals surface area contributed by atoms with Crippen LogP contribution >= 0.6 is 11.3 Å². The van der Waals surface area contributed by atoms with E-state index in [9.17, 15) is 4.79 Å². The molecule has 1 aromatic heterocycles. The molecule has 0 atom stereocenters. The lowest BCUT2D eigenvalue weighted by molar-refractivity contribution is 0.0595. The van der Waals surface area contributed by atoms with E-state index in [4.69, 9.17) is 5.73 Å². The van der Waals surface area contributed by atoms with E-state index in [-0.39, 0.29) is 5.91 Å². The Labute approximate surface area is 119 Å². The summed E-state index contributed by atoms with van der Waals surface area (Å²) in [7, 11) is 0. The van der Waals surface area contributed by atoms with Crippen LogP contribution in [0.3, 0.4) is 0 Å². The summed E-state index contributed by atoms with van der Waals surface area (Å²) >= 11 is 1.53. The van der Waals surface area contributed by atoms with Gasteiger partial charge in [-0.2, -0.15) is 0 Å². The summed E-state index contributed by atoms with van der Waals surface area (Å²) in [5.41, 5.74) is 6.50. The van der Waals surface area contributed by atoms with Crippen LogP contribution in [0.2, 0.25) is 0 Å². The van der Waals surface area contributed by atoms with E-state index in [1.807, 2.05) is 10.3 Å². The van der Waals surface area contributed by atoms with Gasteiger partial charge >= 0.3 is 0 Å². The predicted molar refractivity (Wildman–Crippen MR) is 78.4 cm³/mol. The molecule has 1 saturated heterocycles. The van der Waals surface area contributed by atoms with Crippen molar-refractivity contribution in [2.75, 3.05) is 19.6 Å². The van der Waals surface area contributed by atoms with Crippen LogP contribution in [-0.2, 0) is 6.42 Å². The van der Waals surface area contributed by atoms with Gasteiger partial charge in [-0.1, -0.05) is 20.3 Å². The smallest absolute Gasteiger partial charge is 0.273 e. The molecule has 0 spiro atoms. The van der Waals surface area contributed by atoms with E-state index < -0.39 is 0 Å². The first-order valence-corrected chi connectivity index (χ1v) is 7.90. The number of nitrogens with two attached hydrogens (primary N) is 1. The fraction of sp³-hybridized carbons (Fsp3) is 0.714. The van der Waals surface area contributed by atoms with Crippen LogP contribution < -0.4 is 5.73 Å². The molecule has 1 fully saturated rings. The van der Waals surface area contributed by atoms with Crippen molar-refractivity contribution in [2.24, 2.45) is 11.1 Å². The van der Waals surface area contributed by atoms with E-state index in [1.54, 1.807) is 0 Å². The summed E-state index contributed by atoms with van der Waals surface area (Å²) in [5.74, 6) is 0.0812. The highest BCUT2D eigenvalue weighted by molar-refractivity contribution is 7.09. The third-order valence-corrected chi connectivity index (χ3v) is 5.15. The Kier molecular flexibility index (Phi) is 4.58. The molecule has 1 amide bonds. The van der Waals surface area contributed by atoms with Crippen LogP contribution in [0.15, 0.2) is 5.38 Å². The number of carbonyl (C=O) groups is 1. The second kappa shape index (κ2) is 6.01. The summed E-state index contributed by atoms with van der Waals surface area (Å²) in [6.45, 7) is 6.84. The molecule has 0 bridgehead atoms. The van der Waals surface area contributed by atoms with Gasteiger partial charge in [0, 0.05) is 24.9 Å². The number of hydrogen-bond acceptors (Lipinski definition) is 4. The molecule has 2 N–H and O–H groups in total. The summed E-state index contributed by atoms with van der Waals surface area (Å²) in [6.07, 6.45) is 4.13. The van der Waals surface area contributed by atoms with Gasteiger partial charge in [0.05, 0.1) is 5.01 Å². The number of hydrogen-bond donors (Lipinski definition) is 1. The average molecular weight is 281 g/mol. The van der Waals surface area contributed by atoms with Crippen LogP contribution in [-0.4, -0.2) is 35.4 Å². The maximum atomic E-state index is 12.4. The summed E-state index contributed by atoms with van der Waals surface area (Å²) in [5, 5.41) is 2.82. The molecule has 1 aliphatic heterocycles. The zero-order valence-electron chi connectivity index (χ0n) is 11.8. The minimum atomic E-state index is 0.0812. The molecule has 0 unspecified atom stereocenters. The Morgan fingerprint density at radius 1 is 1.53 bits per heavy atom. The van der Waals surface area contributed by atoms with Crippen molar-refractivity contribution in [1.82, 2.24) is 9.88 Å². The lowest BCUT2D eigenvalue weighted by Gasteiger charge is -2.38. The Morgan fingerprint density at radius 3 is 2.79 bits per heavy atom. The van der Waals surface area contributed by atoms with Gasteiger partial charge in [-0.05, 0) is 24.8 Å². The van der Waals surface area contributed by atoms with Gasteiger partial charge in [0.25, 0.3) is 5.91 Å². The van der Waals surface area contributed by atoms with E-state index in [2.05, 4.69) is 18.8 Å². The molecule has 0 aromatic carbocycles. The van der Waals surface area contributed by atoms with E-state index >= 15 is 0 Å². The lowest BCUT2D eigenvalue weighted by atomic mass is 9.78. The van der Waals surface area contributed by atoms with Gasteiger partial charge < -0.3 is 10.6 Å². The Hall–Kier alpha value is -0.940. The summed E-state index contributed by atoms with van der Waals surface area (Å²) in [4.78, 5) is 18.7. The number of likely N-dealkylation sites (tertiary alicyclic amines) is 1. The molecule has 1 aliphatic rings. The predicted octanol–water partition coefficient (Wildman–Crippen LogP) is 2.30. The topological polar surface area (TPSA) is 59.2 Å². The van der Waals surface area contributed by atoms with Crippen LogP contribution in [0.4, 0.5) is 0 Å². The van der Waals surface area contributed by atoms with Gasteiger partial charge in [0.15, 0.2) is 0 Å². The number of nitrogens with zero attached hydrogens (tertiary/aromatic N) is 2. The third kappa shape index (κ3) is 3.34. The molecular weight excluding hydrogens is 258 g/mol. The number of piperidine rings is 1. The number of amides is 1. The molecular formula is C14H23N3OS. The Bertz CT molecular complexity index is 436. The quantitative estimate of drug-likeness (QED) is 0.921. The van der Waals surface area contributed by atoms with Crippen molar-refractivity contribution in [1.29, 1.82) is 0 Å². The fourth-order valence-electron chi connectivity index (χ4n) is 2.41. The summed E-state index contributed by atoms with van der Waals surface area (Å²) in [6, 6.07) is 0. The van der Waals surface area contributed by atoms with Crippen molar-refractivity contribution in [3.8, 4) is 0 Å². The Balaban J connectivity index is 1.97. The number of thiazole rings is 1. The standard InChI is InChI=1S/C14H23N3OS/c1-3-14(2)5-8-17(9-6-14)13(18)11-10-19-12(16-11)4-7-15/h10H,3-9,15H2,1-2H3. The first-order valence-electron chi connectivity index (χ1n) is 7.02. The molecule has 2 heterocycles. The largest absolute Gasteiger partial charge is 0.337 e. The summed E-state index contributed by atoms with van der Waals surface area (Å²) < 4.78 is 0.